The molecule has 4 nitrogen and oxygen atoms in total. The molecular formula is C10H12N2O2. The van der Waals surface area contributed by atoms with Gasteiger partial charge in [-0.05, 0) is 6.07 Å². The number of amides is 1. The summed E-state index contributed by atoms with van der Waals surface area (Å²) < 4.78 is 4.94. The summed E-state index contributed by atoms with van der Waals surface area (Å²) in [7, 11) is 1.49. The maximum absolute atomic E-state index is 10.9. The second-order valence-corrected chi connectivity index (χ2v) is 2.75. The van der Waals surface area contributed by atoms with E-state index in [9.17, 15) is 4.79 Å². The molecule has 0 aliphatic heterocycles. The normalized spacial score (nSPS) is 9.50. The standard InChI is InChI=1S/C10H12N2O2/c1-3-4-8-5-7(10(11)13)6-9(12-8)14-2/h3,5-6H,1,4H2,2H3,(H2,11,13). The van der Waals surface area contributed by atoms with Crippen molar-refractivity contribution in [2.45, 2.75) is 6.42 Å². The minimum Gasteiger partial charge on any atom is -0.481 e. The van der Waals surface area contributed by atoms with Crippen molar-refractivity contribution in [2.24, 2.45) is 5.73 Å². The van der Waals surface area contributed by atoms with Gasteiger partial charge in [-0.1, -0.05) is 6.08 Å². The Bertz CT molecular complexity index is 361. The summed E-state index contributed by atoms with van der Waals surface area (Å²) in [5, 5.41) is 0. The highest BCUT2D eigenvalue weighted by atomic mass is 16.5. The lowest BCUT2D eigenvalue weighted by atomic mass is 10.2. The van der Waals surface area contributed by atoms with E-state index in [1.54, 1.807) is 12.1 Å². The fraction of sp³-hybridized carbons (Fsp3) is 0.200. The smallest absolute Gasteiger partial charge is 0.248 e. The van der Waals surface area contributed by atoms with Gasteiger partial charge in [-0.3, -0.25) is 4.79 Å². The maximum Gasteiger partial charge on any atom is 0.248 e. The predicted molar refractivity (Wildman–Crippen MR) is 53.2 cm³/mol. The molecule has 1 amide bonds. The zero-order valence-corrected chi connectivity index (χ0v) is 7.99. The summed E-state index contributed by atoms with van der Waals surface area (Å²) in [6.07, 6.45) is 2.28. The van der Waals surface area contributed by atoms with E-state index in [4.69, 9.17) is 10.5 Å². The Balaban J connectivity index is 3.12. The minimum atomic E-state index is -0.490. The van der Waals surface area contributed by atoms with Crippen molar-refractivity contribution in [3.05, 3.63) is 36.0 Å². The molecule has 0 spiro atoms. The van der Waals surface area contributed by atoms with E-state index >= 15 is 0 Å². The first-order chi connectivity index (χ1) is 6.67. The molecule has 2 N–H and O–H groups in total. The number of aromatic nitrogens is 1. The average molecular weight is 192 g/mol. The van der Waals surface area contributed by atoms with Gasteiger partial charge in [0, 0.05) is 23.7 Å². The van der Waals surface area contributed by atoms with Gasteiger partial charge in [0.15, 0.2) is 0 Å². The topological polar surface area (TPSA) is 65.2 Å². The average Bonchev–Trinajstić information content (AvgIpc) is 2.17. The SMILES string of the molecule is C=CCc1cc(C(N)=O)cc(OC)n1. The van der Waals surface area contributed by atoms with E-state index in [0.29, 0.717) is 23.6 Å². The molecule has 0 atom stereocenters. The van der Waals surface area contributed by atoms with Crippen LogP contribution in [0.5, 0.6) is 5.88 Å². The number of primary amides is 1. The number of methoxy groups -OCH3 is 1. The third-order valence-electron chi connectivity index (χ3n) is 1.70. The van der Waals surface area contributed by atoms with Crippen LogP contribution in [0.1, 0.15) is 16.1 Å². The molecule has 1 rings (SSSR count). The second-order valence-electron chi connectivity index (χ2n) is 2.75. The van der Waals surface area contributed by atoms with E-state index in [-0.39, 0.29) is 0 Å². The van der Waals surface area contributed by atoms with Crippen molar-refractivity contribution in [2.75, 3.05) is 7.11 Å². The highest BCUT2D eigenvalue weighted by molar-refractivity contribution is 5.93. The summed E-state index contributed by atoms with van der Waals surface area (Å²) in [5.74, 6) is -0.103. The van der Waals surface area contributed by atoms with Crippen LogP contribution in [0.2, 0.25) is 0 Å². The molecule has 0 saturated heterocycles. The molecule has 0 unspecified atom stereocenters. The second kappa shape index (κ2) is 4.41. The largest absolute Gasteiger partial charge is 0.481 e. The quantitative estimate of drug-likeness (QED) is 0.721. The lowest BCUT2D eigenvalue weighted by Crippen LogP contribution is -2.12. The summed E-state index contributed by atoms with van der Waals surface area (Å²) >= 11 is 0. The van der Waals surface area contributed by atoms with Gasteiger partial charge in [0.05, 0.1) is 7.11 Å². The number of carbonyl (C=O) groups is 1. The number of hydrogen-bond donors (Lipinski definition) is 1. The van der Waals surface area contributed by atoms with Crippen LogP contribution in [-0.2, 0) is 6.42 Å². The molecule has 4 heteroatoms. The number of nitrogens with zero attached hydrogens (tertiary/aromatic N) is 1. The molecule has 1 aromatic heterocycles. The number of carbonyl (C=O) groups excluding carboxylic acids is 1. The van der Waals surface area contributed by atoms with Gasteiger partial charge in [0.1, 0.15) is 0 Å². The Morgan fingerprint density at radius 1 is 1.71 bits per heavy atom. The first kappa shape index (κ1) is 10.2. The van der Waals surface area contributed by atoms with Crippen LogP contribution in [0.3, 0.4) is 0 Å². The number of pyridine rings is 1. The highest BCUT2D eigenvalue weighted by Gasteiger charge is 2.06. The Morgan fingerprint density at radius 2 is 2.43 bits per heavy atom. The molecule has 1 aromatic rings. The van der Waals surface area contributed by atoms with Crippen LogP contribution in [0.15, 0.2) is 24.8 Å². The van der Waals surface area contributed by atoms with E-state index in [1.165, 1.54) is 13.2 Å². The number of ether oxygens (including phenoxy) is 1. The number of allylic oxidation sites excluding steroid dienone is 1. The fourth-order valence-electron chi connectivity index (χ4n) is 1.06. The highest BCUT2D eigenvalue weighted by Crippen LogP contribution is 2.12. The molecule has 0 fully saturated rings. The van der Waals surface area contributed by atoms with Gasteiger partial charge < -0.3 is 10.5 Å². The molecule has 0 saturated carbocycles. The van der Waals surface area contributed by atoms with E-state index in [2.05, 4.69) is 11.6 Å². The first-order valence-electron chi connectivity index (χ1n) is 4.13. The molecule has 14 heavy (non-hydrogen) atoms. The lowest BCUT2D eigenvalue weighted by Gasteiger charge is -2.04. The summed E-state index contributed by atoms with van der Waals surface area (Å²) in [4.78, 5) is 15.1. The molecule has 0 radical (unpaired) electrons. The molecule has 0 bridgehead atoms. The van der Waals surface area contributed by atoms with Gasteiger partial charge in [-0.15, -0.1) is 6.58 Å². The zero-order valence-electron chi connectivity index (χ0n) is 7.99. The molecule has 0 aromatic carbocycles. The Hall–Kier alpha value is -1.84. The minimum absolute atomic E-state index is 0.387. The lowest BCUT2D eigenvalue weighted by molar-refractivity contribution is 0.0999. The summed E-state index contributed by atoms with van der Waals surface area (Å²) in [5.41, 5.74) is 6.27. The predicted octanol–water partition coefficient (Wildman–Crippen LogP) is 0.918. The molecule has 74 valence electrons. The van der Waals surface area contributed by atoms with Crippen LogP contribution in [0, 0.1) is 0 Å². The number of hydrogen-bond acceptors (Lipinski definition) is 3. The van der Waals surface area contributed by atoms with Crippen LogP contribution in [-0.4, -0.2) is 18.0 Å². The van der Waals surface area contributed by atoms with Gasteiger partial charge in [-0.2, -0.15) is 0 Å². The Morgan fingerprint density at radius 3 is 2.93 bits per heavy atom. The molecule has 1 heterocycles. The maximum atomic E-state index is 10.9. The van der Waals surface area contributed by atoms with Crippen molar-refractivity contribution in [3.63, 3.8) is 0 Å². The van der Waals surface area contributed by atoms with Crippen LogP contribution < -0.4 is 10.5 Å². The summed E-state index contributed by atoms with van der Waals surface area (Å²) in [6, 6.07) is 3.14. The Kier molecular flexibility index (Phi) is 3.23. The van der Waals surface area contributed by atoms with Crippen molar-refractivity contribution >= 4 is 5.91 Å². The zero-order chi connectivity index (χ0) is 10.6. The molecule has 0 aliphatic rings. The third kappa shape index (κ3) is 2.32. The molecule has 0 aliphatic carbocycles. The van der Waals surface area contributed by atoms with Crippen molar-refractivity contribution in [1.82, 2.24) is 4.98 Å². The third-order valence-corrected chi connectivity index (χ3v) is 1.70. The number of rotatable bonds is 4. The molecular weight excluding hydrogens is 180 g/mol. The Labute approximate surface area is 82.4 Å². The van der Waals surface area contributed by atoms with E-state index < -0.39 is 5.91 Å². The van der Waals surface area contributed by atoms with Crippen molar-refractivity contribution < 1.29 is 9.53 Å². The van der Waals surface area contributed by atoms with Gasteiger partial charge in [-0.25, -0.2) is 4.98 Å². The monoisotopic (exact) mass is 192 g/mol. The van der Waals surface area contributed by atoms with Crippen LogP contribution in [0.25, 0.3) is 0 Å². The van der Waals surface area contributed by atoms with Crippen LogP contribution in [0.4, 0.5) is 0 Å². The van der Waals surface area contributed by atoms with Crippen LogP contribution >= 0.6 is 0 Å². The van der Waals surface area contributed by atoms with Gasteiger partial charge in [0.2, 0.25) is 11.8 Å². The van der Waals surface area contributed by atoms with Crippen molar-refractivity contribution in [1.29, 1.82) is 0 Å². The van der Waals surface area contributed by atoms with Crippen molar-refractivity contribution in [3.8, 4) is 5.88 Å². The van der Waals surface area contributed by atoms with E-state index in [0.717, 1.165) is 0 Å². The summed E-state index contributed by atoms with van der Waals surface area (Å²) in [6.45, 7) is 3.59. The van der Waals surface area contributed by atoms with E-state index in [1.807, 2.05) is 0 Å². The van der Waals surface area contributed by atoms with Gasteiger partial charge in [0.25, 0.3) is 0 Å². The first-order valence-corrected chi connectivity index (χ1v) is 4.13. The number of nitrogens with two attached hydrogens (primary N) is 1. The fourth-order valence-corrected chi connectivity index (χ4v) is 1.06. The van der Waals surface area contributed by atoms with Gasteiger partial charge >= 0.3 is 0 Å².